The molecule has 1 N–H and O–H groups in total. The summed E-state index contributed by atoms with van der Waals surface area (Å²) in [5.41, 5.74) is 0.960. The number of morpholine rings is 1. The Bertz CT molecular complexity index is 1140. The van der Waals surface area contributed by atoms with Crippen LogP contribution in [0.2, 0.25) is 0 Å². The predicted octanol–water partition coefficient (Wildman–Crippen LogP) is 1.72. The number of halogens is 3. The number of nitrogens with one attached hydrogen (secondary N) is 1. The van der Waals surface area contributed by atoms with E-state index in [0.717, 1.165) is 0 Å². The Morgan fingerprint density at radius 2 is 1.94 bits per heavy atom. The van der Waals surface area contributed by atoms with E-state index in [0.29, 0.717) is 18.8 Å². The average molecular weight is 466 g/mol. The van der Waals surface area contributed by atoms with Crippen LogP contribution in [0.25, 0.3) is 11.4 Å². The summed E-state index contributed by atoms with van der Waals surface area (Å²) in [5.74, 6) is -2.52. The quantitative estimate of drug-likeness (QED) is 0.596. The van der Waals surface area contributed by atoms with Crippen molar-refractivity contribution in [3.8, 4) is 11.4 Å². The fourth-order valence-electron chi connectivity index (χ4n) is 3.19. The van der Waals surface area contributed by atoms with Crippen LogP contribution in [0.15, 0.2) is 33.4 Å². The Morgan fingerprint density at radius 3 is 2.58 bits per heavy atom. The van der Waals surface area contributed by atoms with E-state index in [1.54, 1.807) is 6.92 Å². The zero-order valence-corrected chi connectivity index (χ0v) is 17.1. The Kier molecular flexibility index (Phi) is 6.09. The van der Waals surface area contributed by atoms with Crippen molar-refractivity contribution in [3.05, 3.63) is 47.1 Å². The molecule has 0 saturated carbocycles. The van der Waals surface area contributed by atoms with Crippen LogP contribution in [0.1, 0.15) is 32.4 Å². The highest BCUT2D eigenvalue weighted by atomic mass is 19.4. The molecule has 2 amide bonds. The van der Waals surface area contributed by atoms with Crippen LogP contribution in [0.3, 0.4) is 0 Å². The van der Waals surface area contributed by atoms with Gasteiger partial charge < -0.3 is 19.5 Å². The number of nitrogens with zero attached hydrogens (tertiary/aromatic N) is 5. The second-order valence-corrected chi connectivity index (χ2v) is 7.13. The number of carbonyl (C=O) groups excluding carboxylic acids is 2. The molecule has 0 aliphatic carbocycles. The van der Waals surface area contributed by atoms with Crippen molar-refractivity contribution in [1.29, 1.82) is 0 Å². The summed E-state index contributed by atoms with van der Waals surface area (Å²) < 4.78 is 52.1. The van der Waals surface area contributed by atoms with E-state index >= 15 is 0 Å². The van der Waals surface area contributed by atoms with Gasteiger partial charge >= 0.3 is 12.1 Å². The van der Waals surface area contributed by atoms with Crippen molar-refractivity contribution in [1.82, 2.24) is 30.7 Å². The van der Waals surface area contributed by atoms with Gasteiger partial charge in [0, 0.05) is 24.2 Å². The largest absolute Gasteiger partial charge is 0.471 e. The van der Waals surface area contributed by atoms with E-state index in [1.807, 2.05) is 0 Å². The first-order valence-corrected chi connectivity index (χ1v) is 9.71. The van der Waals surface area contributed by atoms with Gasteiger partial charge in [-0.3, -0.25) is 9.59 Å². The van der Waals surface area contributed by atoms with Gasteiger partial charge in [0.15, 0.2) is 5.69 Å². The maximum atomic E-state index is 12.7. The summed E-state index contributed by atoms with van der Waals surface area (Å²) in [6, 6.07) is 5.20. The number of carbonyl (C=O) groups is 2. The molecule has 0 bridgehead atoms. The molecule has 1 saturated heterocycles. The molecule has 1 atom stereocenters. The molecular weight excluding hydrogens is 449 g/mol. The zero-order chi connectivity index (χ0) is 23.6. The molecule has 3 aromatic rings. The molecule has 1 aliphatic heterocycles. The van der Waals surface area contributed by atoms with Gasteiger partial charge in [-0.05, 0) is 24.2 Å². The summed E-state index contributed by atoms with van der Waals surface area (Å²) in [5, 5.41) is 13.3. The molecular formula is C19H17F3N6O5. The zero-order valence-electron chi connectivity index (χ0n) is 17.1. The average Bonchev–Trinajstić information content (AvgIpc) is 3.47. The van der Waals surface area contributed by atoms with Crippen LogP contribution in [0, 0.1) is 6.92 Å². The highest BCUT2D eigenvalue weighted by molar-refractivity contribution is 5.95. The third-order valence-corrected chi connectivity index (χ3v) is 4.92. The molecule has 14 heteroatoms. The molecule has 3 heterocycles. The molecule has 1 fully saturated rings. The molecule has 0 spiro atoms. The van der Waals surface area contributed by atoms with Crippen molar-refractivity contribution in [2.45, 2.75) is 19.1 Å². The topological polar surface area (TPSA) is 136 Å². The lowest BCUT2D eigenvalue weighted by Gasteiger charge is -2.35. The minimum absolute atomic E-state index is 0.0963. The SMILES string of the molecule is Cc1nonc1C(=O)N1CCOC[C@H]1CNC(=O)c1ccc(-c2noc(C(F)(F)F)n2)cc1. The number of amides is 2. The third-order valence-electron chi connectivity index (χ3n) is 4.92. The molecule has 33 heavy (non-hydrogen) atoms. The van der Waals surface area contributed by atoms with Crippen LogP contribution in [0.4, 0.5) is 13.2 Å². The summed E-state index contributed by atoms with van der Waals surface area (Å²) in [6.45, 7) is 2.58. The molecule has 0 radical (unpaired) electrons. The molecule has 1 aliphatic rings. The van der Waals surface area contributed by atoms with Crippen molar-refractivity contribution < 1.29 is 36.6 Å². The number of rotatable bonds is 5. The minimum atomic E-state index is -4.74. The van der Waals surface area contributed by atoms with Gasteiger partial charge in [0.2, 0.25) is 5.82 Å². The standard InChI is InChI=1S/C19H17F3N6O5/c1-10-14(26-33-25-10)17(30)28-6-7-31-9-13(28)8-23-16(29)12-4-2-11(3-5-12)15-24-18(32-27-15)19(20,21)22/h2-5,13H,6-9H2,1H3,(H,23,29)/t13-/m1/s1. The van der Waals surface area contributed by atoms with Gasteiger partial charge in [0.05, 0.1) is 19.3 Å². The second kappa shape index (κ2) is 8.97. The number of hydrogen-bond acceptors (Lipinski definition) is 9. The van der Waals surface area contributed by atoms with E-state index in [2.05, 4.69) is 34.9 Å². The lowest BCUT2D eigenvalue weighted by molar-refractivity contribution is -0.159. The first-order valence-electron chi connectivity index (χ1n) is 9.71. The van der Waals surface area contributed by atoms with E-state index in [1.165, 1.54) is 29.2 Å². The monoisotopic (exact) mass is 466 g/mol. The minimum Gasteiger partial charge on any atom is -0.377 e. The van der Waals surface area contributed by atoms with E-state index < -0.39 is 24.0 Å². The maximum Gasteiger partial charge on any atom is 0.471 e. The lowest BCUT2D eigenvalue weighted by Crippen LogP contribution is -2.53. The fourth-order valence-corrected chi connectivity index (χ4v) is 3.19. The van der Waals surface area contributed by atoms with Gasteiger partial charge in [-0.15, -0.1) is 0 Å². The van der Waals surface area contributed by atoms with E-state index in [9.17, 15) is 22.8 Å². The second-order valence-electron chi connectivity index (χ2n) is 7.13. The summed E-state index contributed by atoms with van der Waals surface area (Å²) in [7, 11) is 0. The summed E-state index contributed by atoms with van der Waals surface area (Å²) in [4.78, 5) is 30.1. The lowest BCUT2D eigenvalue weighted by atomic mass is 10.1. The first kappa shape index (κ1) is 22.4. The molecule has 11 nitrogen and oxygen atoms in total. The Labute approximate surface area is 183 Å². The van der Waals surface area contributed by atoms with Crippen molar-refractivity contribution in [2.24, 2.45) is 0 Å². The fraction of sp³-hybridized carbons (Fsp3) is 0.368. The highest BCUT2D eigenvalue weighted by Gasteiger charge is 2.38. The number of hydrogen-bond donors (Lipinski definition) is 1. The van der Waals surface area contributed by atoms with Crippen LogP contribution in [-0.4, -0.2) is 69.5 Å². The van der Waals surface area contributed by atoms with E-state index in [-0.39, 0.29) is 41.7 Å². The molecule has 0 unspecified atom stereocenters. The molecule has 174 valence electrons. The summed E-state index contributed by atoms with van der Waals surface area (Å²) in [6.07, 6.45) is -4.74. The maximum absolute atomic E-state index is 12.7. The highest BCUT2D eigenvalue weighted by Crippen LogP contribution is 2.29. The predicted molar refractivity (Wildman–Crippen MR) is 102 cm³/mol. The van der Waals surface area contributed by atoms with Crippen molar-refractivity contribution >= 4 is 11.8 Å². The Balaban J connectivity index is 1.39. The van der Waals surface area contributed by atoms with Crippen LogP contribution < -0.4 is 5.32 Å². The number of benzene rings is 1. The number of aromatic nitrogens is 4. The first-order chi connectivity index (χ1) is 15.7. The van der Waals surface area contributed by atoms with Gasteiger partial charge in [0.1, 0.15) is 5.69 Å². The number of alkyl halides is 3. The molecule has 2 aromatic heterocycles. The van der Waals surface area contributed by atoms with Crippen LogP contribution in [0.5, 0.6) is 0 Å². The molecule has 4 rings (SSSR count). The van der Waals surface area contributed by atoms with Gasteiger partial charge in [0.25, 0.3) is 11.8 Å². The smallest absolute Gasteiger partial charge is 0.377 e. The Hall–Kier alpha value is -3.81. The van der Waals surface area contributed by atoms with Crippen LogP contribution in [-0.2, 0) is 10.9 Å². The van der Waals surface area contributed by atoms with Gasteiger partial charge in [-0.25, -0.2) is 4.63 Å². The van der Waals surface area contributed by atoms with Gasteiger partial charge in [-0.2, -0.15) is 18.2 Å². The number of ether oxygens (including phenoxy) is 1. The third kappa shape index (κ3) is 4.84. The summed E-state index contributed by atoms with van der Waals surface area (Å²) >= 11 is 0. The number of aryl methyl sites for hydroxylation is 1. The van der Waals surface area contributed by atoms with Crippen molar-refractivity contribution in [2.75, 3.05) is 26.3 Å². The van der Waals surface area contributed by atoms with Crippen LogP contribution >= 0.6 is 0 Å². The van der Waals surface area contributed by atoms with Gasteiger partial charge in [-0.1, -0.05) is 22.4 Å². The van der Waals surface area contributed by atoms with Crippen molar-refractivity contribution in [3.63, 3.8) is 0 Å². The molecule has 1 aromatic carbocycles. The normalized spacial score (nSPS) is 16.6. The Morgan fingerprint density at radius 1 is 1.18 bits per heavy atom. The van der Waals surface area contributed by atoms with E-state index in [4.69, 9.17) is 4.74 Å².